The second kappa shape index (κ2) is 6.93. The van der Waals surface area contributed by atoms with Crippen LogP contribution < -0.4 is 0 Å². The summed E-state index contributed by atoms with van der Waals surface area (Å²) in [6.07, 6.45) is 3.17. The largest absolute Gasteiger partial charge is 0.481 e. The lowest BCUT2D eigenvalue weighted by atomic mass is 9.87. The Labute approximate surface area is 143 Å². The van der Waals surface area contributed by atoms with Gasteiger partial charge in [0.15, 0.2) is 0 Å². The predicted octanol–water partition coefficient (Wildman–Crippen LogP) is 2.17. The Bertz CT molecular complexity index is 631. The minimum Gasteiger partial charge on any atom is -0.481 e. The van der Waals surface area contributed by atoms with E-state index in [9.17, 15) is 14.7 Å². The first-order valence-corrected chi connectivity index (χ1v) is 8.76. The van der Waals surface area contributed by atoms with Crippen molar-refractivity contribution in [3.05, 3.63) is 35.4 Å². The van der Waals surface area contributed by atoms with E-state index in [-0.39, 0.29) is 23.8 Å². The molecule has 2 aliphatic rings. The highest BCUT2D eigenvalue weighted by Crippen LogP contribution is 2.33. The number of aryl methyl sites for hydroxylation is 1. The molecule has 24 heavy (non-hydrogen) atoms. The Morgan fingerprint density at radius 3 is 2.75 bits per heavy atom. The summed E-state index contributed by atoms with van der Waals surface area (Å²) in [7, 11) is 1.88. The van der Waals surface area contributed by atoms with Crippen molar-refractivity contribution >= 4 is 11.9 Å². The molecule has 0 saturated carbocycles. The van der Waals surface area contributed by atoms with Gasteiger partial charge in [0.1, 0.15) is 0 Å². The van der Waals surface area contributed by atoms with Crippen LogP contribution in [0.5, 0.6) is 0 Å². The van der Waals surface area contributed by atoms with Crippen LogP contribution in [0, 0.1) is 11.8 Å². The topological polar surface area (TPSA) is 60.9 Å². The Hall–Kier alpha value is -1.88. The van der Waals surface area contributed by atoms with Gasteiger partial charge in [-0.3, -0.25) is 14.5 Å². The highest BCUT2D eigenvalue weighted by molar-refractivity contribution is 5.79. The van der Waals surface area contributed by atoms with Crippen molar-refractivity contribution in [3.8, 4) is 0 Å². The van der Waals surface area contributed by atoms with E-state index in [1.807, 2.05) is 29.8 Å². The predicted molar refractivity (Wildman–Crippen MR) is 91.6 cm³/mol. The van der Waals surface area contributed by atoms with Gasteiger partial charge in [0.2, 0.25) is 5.91 Å². The van der Waals surface area contributed by atoms with E-state index in [4.69, 9.17) is 0 Å². The van der Waals surface area contributed by atoms with Crippen molar-refractivity contribution in [2.75, 3.05) is 26.7 Å². The van der Waals surface area contributed by atoms with E-state index in [1.54, 1.807) is 0 Å². The fourth-order valence-corrected chi connectivity index (χ4v) is 4.12. The molecule has 1 aliphatic heterocycles. The van der Waals surface area contributed by atoms with E-state index < -0.39 is 5.97 Å². The van der Waals surface area contributed by atoms with Crippen LogP contribution >= 0.6 is 0 Å². The van der Waals surface area contributed by atoms with Crippen LogP contribution in [0.4, 0.5) is 0 Å². The summed E-state index contributed by atoms with van der Waals surface area (Å²) in [4.78, 5) is 27.8. The maximum absolute atomic E-state index is 12.7. The standard InChI is InChI=1S/C19H26N2O3/c1-13-10-21(11-16(13)19(23)24)12-18(22)20(2)17-9-5-7-14-6-3-4-8-15(14)17/h3-4,6,8,13,16-17H,5,7,9-12H2,1-2H3,(H,23,24)/t13-,16-,17?/m1/s1. The lowest BCUT2D eigenvalue weighted by Gasteiger charge is -2.34. The van der Waals surface area contributed by atoms with Gasteiger partial charge < -0.3 is 10.0 Å². The molecule has 0 bridgehead atoms. The average Bonchev–Trinajstić information content (AvgIpc) is 2.94. The molecule has 5 nitrogen and oxygen atoms in total. The molecule has 130 valence electrons. The number of amides is 1. The molecule has 1 heterocycles. The molecule has 1 amide bonds. The highest BCUT2D eigenvalue weighted by atomic mass is 16.4. The first kappa shape index (κ1) is 17.0. The number of fused-ring (bicyclic) bond motifs is 1. The molecule has 3 atom stereocenters. The van der Waals surface area contributed by atoms with Crippen molar-refractivity contribution in [1.82, 2.24) is 9.80 Å². The Balaban J connectivity index is 1.65. The van der Waals surface area contributed by atoms with Crippen molar-refractivity contribution in [2.24, 2.45) is 11.8 Å². The molecule has 1 aliphatic carbocycles. The fraction of sp³-hybridized carbons (Fsp3) is 0.579. The third-order valence-electron chi connectivity index (χ3n) is 5.56. The van der Waals surface area contributed by atoms with Crippen molar-refractivity contribution in [3.63, 3.8) is 0 Å². The number of likely N-dealkylation sites (N-methyl/N-ethyl adjacent to an activating group) is 1. The number of nitrogens with zero attached hydrogens (tertiary/aromatic N) is 2. The molecule has 1 fully saturated rings. The normalized spacial score (nSPS) is 26.8. The van der Waals surface area contributed by atoms with Gasteiger partial charge in [0.05, 0.1) is 18.5 Å². The SMILES string of the molecule is C[C@@H]1CN(CC(=O)N(C)C2CCCc3ccccc32)C[C@H]1C(=O)O. The average molecular weight is 330 g/mol. The van der Waals surface area contributed by atoms with Gasteiger partial charge in [-0.2, -0.15) is 0 Å². The zero-order valence-corrected chi connectivity index (χ0v) is 14.4. The minimum absolute atomic E-state index is 0.0786. The molecule has 1 aromatic carbocycles. The number of carboxylic acids is 1. The number of hydrogen-bond acceptors (Lipinski definition) is 3. The van der Waals surface area contributed by atoms with Gasteiger partial charge in [-0.05, 0) is 36.3 Å². The number of rotatable bonds is 4. The number of likely N-dealkylation sites (tertiary alicyclic amines) is 1. The molecule has 0 aromatic heterocycles. The van der Waals surface area contributed by atoms with Gasteiger partial charge in [0, 0.05) is 20.1 Å². The summed E-state index contributed by atoms with van der Waals surface area (Å²) in [5.41, 5.74) is 2.60. The molecule has 1 saturated heterocycles. The van der Waals surface area contributed by atoms with Crippen LogP contribution in [0.2, 0.25) is 0 Å². The number of carboxylic acid groups (broad SMARTS) is 1. The molecule has 1 unspecified atom stereocenters. The first-order valence-electron chi connectivity index (χ1n) is 8.76. The molecule has 1 aromatic rings. The maximum Gasteiger partial charge on any atom is 0.308 e. The molecule has 0 spiro atoms. The van der Waals surface area contributed by atoms with Crippen LogP contribution in [0.3, 0.4) is 0 Å². The van der Waals surface area contributed by atoms with Crippen molar-refractivity contribution < 1.29 is 14.7 Å². The third-order valence-corrected chi connectivity index (χ3v) is 5.56. The third kappa shape index (κ3) is 3.31. The quantitative estimate of drug-likeness (QED) is 0.919. The van der Waals surface area contributed by atoms with E-state index in [0.29, 0.717) is 19.6 Å². The molecule has 0 radical (unpaired) electrons. The second-order valence-corrected chi connectivity index (χ2v) is 7.23. The van der Waals surface area contributed by atoms with E-state index >= 15 is 0 Å². The number of carbonyl (C=O) groups excluding carboxylic acids is 1. The van der Waals surface area contributed by atoms with Gasteiger partial charge in [-0.15, -0.1) is 0 Å². The molecule has 3 rings (SSSR count). The summed E-state index contributed by atoms with van der Waals surface area (Å²) < 4.78 is 0. The van der Waals surface area contributed by atoms with Crippen molar-refractivity contribution in [1.29, 1.82) is 0 Å². The Morgan fingerprint density at radius 2 is 2.04 bits per heavy atom. The summed E-state index contributed by atoms with van der Waals surface area (Å²) >= 11 is 0. The summed E-state index contributed by atoms with van der Waals surface area (Å²) in [5, 5.41) is 9.24. The van der Waals surface area contributed by atoms with E-state index in [1.165, 1.54) is 11.1 Å². The van der Waals surface area contributed by atoms with Crippen molar-refractivity contribution in [2.45, 2.75) is 32.2 Å². The van der Waals surface area contributed by atoms with Crippen LogP contribution in [0.25, 0.3) is 0 Å². The van der Waals surface area contributed by atoms with Crippen LogP contribution in [-0.2, 0) is 16.0 Å². The maximum atomic E-state index is 12.7. The number of carbonyl (C=O) groups is 2. The van der Waals surface area contributed by atoms with E-state index in [0.717, 1.165) is 19.3 Å². The number of aliphatic carboxylic acids is 1. The van der Waals surface area contributed by atoms with Crippen LogP contribution in [0.1, 0.15) is 36.9 Å². The second-order valence-electron chi connectivity index (χ2n) is 7.23. The summed E-state index contributed by atoms with van der Waals surface area (Å²) in [5.74, 6) is -0.948. The molecular weight excluding hydrogens is 304 g/mol. The zero-order valence-electron chi connectivity index (χ0n) is 14.4. The minimum atomic E-state index is -0.757. The van der Waals surface area contributed by atoms with Gasteiger partial charge in [-0.25, -0.2) is 0 Å². The zero-order chi connectivity index (χ0) is 17.3. The summed E-state index contributed by atoms with van der Waals surface area (Å²) in [6, 6.07) is 8.51. The number of benzene rings is 1. The van der Waals surface area contributed by atoms with Gasteiger partial charge in [0.25, 0.3) is 0 Å². The van der Waals surface area contributed by atoms with Gasteiger partial charge in [-0.1, -0.05) is 31.2 Å². The monoisotopic (exact) mass is 330 g/mol. The Kier molecular flexibility index (Phi) is 4.90. The lowest BCUT2D eigenvalue weighted by Crippen LogP contribution is -2.40. The fourth-order valence-electron chi connectivity index (χ4n) is 4.12. The van der Waals surface area contributed by atoms with E-state index in [2.05, 4.69) is 18.2 Å². The van der Waals surface area contributed by atoms with Crippen LogP contribution in [-0.4, -0.2) is 53.5 Å². The Morgan fingerprint density at radius 1 is 1.29 bits per heavy atom. The first-order chi connectivity index (χ1) is 11.5. The molecular formula is C19H26N2O3. The molecule has 5 heteroatoms. The smallest absolute Gasteiger partial charge is 0.308 e. The lowest BCUT2D eigenvalue weighted by molar-refractivity contribution is -0.142. The van der Waals surface area contributed by atoms with Crippen LogP contribution in [0.15, 0.2) is 24.3 Å². The van der Waals surface area contributed by atoms with Gasteiger partial charge >= 0.3 is 5.97 Å². The number of hydrogen-bond donors (Lipinski definition) is 1. The summed E-state index contributed by atoms with van der Waals surface area (Å²) in [6.45, 7) is 3.41. The highest BCUT2D eigenvalue weighted by Gasteiger charge is 2.36. The molecule has 1 N–H and O–H groups in total.